The highest BCUT2D eigenvalue weighted by atomic mass is 35.5. The Labute approximate surface area is 151 Å². The number of hydrogen-bond acceptors (Lipinski definition) is 4. The van der Waals surface area contributed by atoms with Crippen molar-refractivity contribution in [3.8, 4) is 0 Å². The molecule has 1 heterocycles. The standard InChI is InChI=1S/C17H22ClN3O4/c1-3-25-17(24)21-10-8-20(9-11-21)16(23)12(2)19-15(22)13-6-4-5-7-14(13)18/h4-7,12H,3,8-11H2,1-2H3,(H,19,22)/t12-/m0/s1. The molecular formula is C17H22ClN3O4. The van der Waals surface area contributed by atoms with E-state index >= 15 is 0 Å². The predicted octanol–water partition coefficient (Wildman–Crippen LogP) is 1.76. The molecule has 0 aliphatic carbocycles. The van der Waals surface area contributed by atoms with E-state index in [1.165, 1.54) is 0 Å². The van der Waals surface area contributed by atoms with Gasteiger partial charge in [-0.15, -0.1) is 0 Å². The maximum absolute atomic E-state index is 12.5. The third kappa shape index (κ3) is 4.85. The lowest BCUT2D eigenvalue weighted by Crippen LogP contribution is -2.55. The summed E-state index contributed by atoms with van der Waals surface area (Å²) >= 11 is 6.00. The molecule has 1 saturated heterocycles. The van der Waals surface area contributed by atoms with Gasteiger partial charge in [0.05, 0.1) is 17.2 Å². The van der Waals surface area contributed by atoms with Crippen molar-refractivity contribution in [1.82, 2.24) is 15.1 Å². The largest absolute Gasteiger partial charge is 0.450 e. The molecule has 0 bridgehead atoms. The number of nitrogens with one attached hydrogen (secondary N) is 1. The summed E-state index contributed by atoms with van der Waals surface area (Å²) in [7, 11) is 0. The van der Waals surface area contributed by atoms with Gasteiger partial charge in [0.25, 0.3) is 5.91 Å². The quantitative estimate of drug-likeness (QED) is 0.879. The molecule has 7 nitrogen and oxygen atoms in total. The van der Waals surface area contributed by atoms with Crippen LogP contribution in [0.1, 0.15) is 24.2 Å². The van der Waals surface area contributed by atoms with Crippen LogP contribution in [-0.2, 0) is 9.53 Å². The van der Waals surface area contributed by atoms with E-state index in [1.807, 2.05) is 0 Å². The summed E-state index contributed by atoms with van der Waals surface area (Å²) in [6.07, 6.45) is -0.366. The number of halogens is 1. The molecule has 1 N–H and O–H groups in total. The Morgan fingerprint density at radius 1 is 1.16 bits per heavy atom. The van der Waals surface area contributed by atoms with E-state index in [-0.39, 0.29) is 12.0 Å². The van der Waals surface area contributed by atoms with E-state index in [4.69, 9.17) is 16.3 Å². The normalized spacial score (nSPS) is 15.5. The van der Waals surface area contributed by atoms with E-state index in [1.54, 1.807) is 47.9 Å². The molecule has 1 fully saturated rings. The van der Waals surface area contributed by atoms with Crippen molar-refractivity contribution < 1.29 is 19.1 Å². The summed E-state index contributed by atoms with van der Waals surface area (Å²) in [5.41, 5.74) is 0.330. The number of carbonyl (C=O) groups is 3. The van der Waals surface area contributed by atoms with E-state index in [0.29, 0.717) is 43.4 Å². The molecule has 0 aromatic heterocycles. The van der Waals surface area contributed by atoms with Crippen LogP contribution in [0.5, 0.6) is 0 Å². The van der Waals surface area contributed by atoms with Crippen LogP contribution in [0.3, 0.4) is 0 Å². The zero-order valence-electron chi connectivity index (χ0n) is 14.3. The van der Waals surface area contributed by atoms with E-state index in [2.05, 4.69) is 5.32 Å². The van der Waals surface area contributed by atoms with Gasteiger partial charge in [0, 0.05) is 26.2 Å². The minimum absolute atomic E-state index is 0.191. The number of benzene rings is 1. The first kappa shape index (κ1) is 19.1. The van der Waals surface area contributed by atoms with Crippen molar-refractivity contribution in [3.05, 3.63) is 34.9 Å². The molecule has 1 aromatic carbocycles. The number of rotatable bonds is 4. The lowest BCUT2D eigenvalue weighted by atomic mass is 10.2. The SMILES string of the molecule is CCOC(=O)N1CCN(C(=O)[C@H](C)NC(=O)c2ccccc2Cl)CC1. The first-order valence-corrected chi connectivity index (χ1v) is 8.57. The van der Waals surface area contributed by atoms with Crippen LogP contribution >= 0.6 is 11.6 Å². The van der Waals surface area contributed by atoms with Crippen LogP contribution in [0, 0.1) is 0 Å². The van der Waals surface area contributed by atoms with E-state index in [9.17, 15) is 14.4 Å². The number of amides is 3. The molecule has 1 aromatic rings. The van der Waals surface area contributed by atoms with E-state index < -0.39 is 11.9 Å². The molecule has 0 saturated carbocycles. The van der Waals surface area contributed by atoms with Crippen LogP contribution in [-0.4, -0.2) is 66.5 Å². The number of ether oxygens (including phenoxy) is 1. The minimum Gasteiger partial charge on any atom is -0.450 e. The second-order valence-corrected chi connectivity index (χ2v) is 6.09. The highest BCUT2D eigenvalue weighted by Crippen LogP contribution is 2.15. The van der Waals surface area contributed by atoms with Gasteiger partial charge in [0.1, 0.15) is 6.04 Å². The molecule has 3 amide bonds. The molecule has 1 atom stereocenters. The molecule has 0 spiro atoms. The smallest absolute Gasteiger partial charge is 0.409 e. The summed E-state index contributed by atoms with van der Waals surface area (Å²) in [4.78, 5) is 39.6. The molecule has 1 aliphatic rings. The second-order valence-electron chi connectivity index (χ2n) is 5.69. The van der Waals surface area contributed by atoms with Crippen LogP contribution in [0.2, 0.25) is 5.02 Å². The van der Waals surface area contributed by atoms with Gasteiger partial charge >= 0.3 is 6.09 Å². The van der Waals surface area contributed by atoms with Crippen molar-refractivity contribution >= 4 is 29.5 Å². The third-order valence-corrected chi connectivity index (χ3v) is 4.28. The average molecular weight is 368 g/mol. The number of hydrogen-bond donors (Lipinski definition) is 1. The molecule has 25 heavy (non-hydrogen) atoms. The minimum atomic E-state index is -0.682. The maximum atomic E-state index is 12.5. The fourth-order valence-corrected chi connectivity index (χ4v) is 2.80. The van der Waals surface area contributed by atoms with Crippen LogP contribution in [0.15, 0.2) is 24.3 Å². The van der Waals surface area contributed by atoms with Crippen molar-refractivity contribution in [3.63, 3.8) is 0 Å². The Morgan fingerprint density at radius 3 is 2.36 bits per heavy atom. The average Bonchev–Trinajstić information content (AvgIpc) is 2.61. The van der Waals surface area contributed by atoms with E-state index in [0.717, 1.165) is 0 Å². The van der Waals surface area contributed by atoms with Crippen molar-refractivity contribution in [2.75, 3.05) is 32.8 Å². The van der Waals surface area contributed by atoms with Crippen LogP contribution in [0.25, 0.3) is 0 Å². The fourth-order valence-electron chi connectivity index (χ4n) is 2.58. The van der Waals surface area contributed by atoms with Gasteiger partial charge in [-0.3, -0.25) is 9.59 Å². The Morgan fingerprint density at radius 2 is 1.76 bits per heavy atom. The molecule has 136 valence electrons. The molecule has 1 aliphatic heterocycles. The van der Waals surface area contributed by atoms with Crippen LogP contribution < -0.4 is 5.32 Å². The van der Waals surface area contributed by atoms with Crippen molar-refractivity contribution in [2.45, 2.75) is 19.9 Å². The van der Waals surface area contributed by atoms with Crippen molar-refractivity contribution in [2.24, 2.45) is 0 Å². The summed E-state index contributed by atoms with van der Waals surface area (Å²) in [6, 6.07) is 5.99. The third-order valence-electron chi connectivity index (χ3n) is 3.95. The fraction of sp³-hybridized carbons (Fsp3) is 0.471. The van der Waals surface area contributed by atoms with Gasteiger partial charge in [-0.05, 0) is 26.0 Å². The zero-order chi connectivity index (χ0) is 18.4. The number of carbonyl (C=O) groups excluding carboxylic acids is 3. The van der Waals surface area contributed by atoms with Gasteiger partial charge in [-0.1, -0.05) is 23.7 Å². The molecule has 0 radical (unpaired) electrons. The Hall–Kier alpha value is -2.28. The molecule has 0 unspecified atom stereocenters. The first-order chi connectivity index (χ1) is 11.9. The number of nitrogens with zero attached hydrogens (tertiary/aromatic N) is 2. The second kappa shape index (κ2) is 8.71. The van der Waals surface area contributed by atoms with Gasteiger partial charge < -0.3 is 19.9 Å². The number of piperazine rings is 1. The summed E-state index contributed by atoms with van der Waals surface area (Å²) in [5, 5.41) is 3.00. The van der Waals surface area contributed by atoms with Gasteiger partial charge in [-0.25, -0.2) is 4.79 Å². The molecule has 2 rings (SSSR count). The first-order valence-electron chi connectivity index (χ1n) is 8.20. The monoisotopic (exact) mass is 367 g/mol. The lowest BCUT2D eigenvalue weighted by molar-refractivity contribution is -0.134. The summed E-state index contributed by atoms with van der Waals surface area (Å²) in [6.45, 7) is 5.35. The van der Waals surface area contributed by atoms with Gasteiger partial charge in [0.2, 0.25) is 5.91 Å². The summed E-state index contributed by atoms with van der Waals surface area (Å²) < 4.78 is 4.95. The predicted molar refractivity (Wildman–Crippen MR) is 93.6 cm³/mol. The van der Waals surface area contributed by atoms with Crippen molar-refractivity contribution in [1.29, 1.82) is 0 Å². The Bertz CT molecular complexity index is 645. The Kier molecular flexibility index (Phi) is 6.64. The topological polar surface area (TPSA) is 79.0 Å². The van der Waals surface area contributed by atoms with Gasteiger partial charge in [0.15, 0.2) is 0 Å². The lowest BCUT2D eigenvalue weighted by Gasteiger charge is -2.35. The summed E-state index contributed by atoms with van der Waals surface area (Å²) in [5.74, 6) is -0.583. The highest BCUT2D eigenvalue weighted by molar-refractivity contribution is 6.33. The maximum Gasteiger partial charge on any atom is 0.409 e. The zero-order valence-corrected chi connectivity index (χ0v) is 15.1. The highest BCUT2D eigenvalue weighted by Gasteiger charge is 2.28. The molecular weight excluding hydrogens is 346 g/mol. The van der Waals surface area contributed by atoms with Gasteiger partial charge in [-0.2, -0.15) is 0 Å². The van der Waals surface area contributed by atoms with Crippen LogP contribution in [0.4, 0.5) is 4.79 Å². The Balaban J connectivity index is 1.88. The molecule has 8 heteroatoms.